The quantitative estimate of drug-likeness (QED) is 0.0309. The molecule has 2 aliphatic heterocycles. The summed E-state index contributed by atoms with van der Waals surface area (Å²) < 4.78 is 17.9. The van der Waals surface area contributed by atoms with Crippen molar-refractivity contribution in [3.05, 3.63) is 77.9 Å². The molecule has 522 valence electrons. The zero-order valence-electron chi connectivity index (χ0n) is 58.1. The van der Waals surface area contributed by atoms with Crippen molar-refractivity contribution in [2.24, 2.45) is 53.1 Å². The fraction of sp³-hybridized carbons (Fsp3) is 0.648. The maximum absolute atomic E-state index is 14.9. The lowest BCUT2D eigenvalue weighted by Gasteiger charge is -2.41. The van der Waals surface area contributed by atoms with E-state index in [1.807, 2.05) is 85.7 Å². The summed E-state index contributed by atoms with van der Waals surface area (Å²) in [5.74, 6) is -6.50. The van der Waals surface area contributed by atoms with Crippen LogP contribution < -0.4 is 21.7 Å². The molecule has 2 aromatic rings. The first kappa shape index (κ1) is 79.1. The minimum Gasteiger partial charge on any atom is -0.445 e. The fourth-order valence-electron chi connectivity index (χ4n) is 13.0. The first-order chi connectivity index (χ1) is 44.5. The summed E-state index contributed by atoms with van der Waals surface area (Å²) in [4.78, 5) is 153. The predicted molar refractivity (Wildman–Crippen MR) is 357 cm³/mol. The molecule has 94 heavy (non-hydrogen) atoms. The SMILES string of the molecule is CC[C@H](C)[C@@H]([C@@H](CC(=O)N1CCCC1[C@H](OC)[C@@H](C)C(=O)C[C@H](C)[C@@H](O)c1ccccc1)OC)N(C)C(=O)[C@@H](CC(=O)[C@H](C(C)C)N(C)C(=O)OCc1ccc(NC(=O)[C@H](CCCNC(N)=O)CC(=O)[C@H](NC(=O)CCCCCN2C(=O)C=CC2=O)C(C)C)cc1)C(C)C. The molecule has 9 amide bonds. The Morgan fingerprint density at radius 3 is 1.95 bits per heavy atom. The molecule has 1 saturated heterocycles. The summed E-state index contributed by atoms with van der Waals surface area (Å²) in [6.07, 6.45) is 3.38. The smallest absolute Gasteiger partial charge is 0.410 e. The van der Waals surface area contributed by atoms with Crippen LogP contribution in [0.4, 0.5) is 15.3 Å². The van der Waals surface area contributed by atoms with E-state index >= 15 is 0 Å². The van der Waals surface area contributed by atoms with Crippen molar-refractivity contribution in [3.63, 3.8) is 0 Å². The standard InChI is InChI=1S/C71H108N8O15/c1-15-46(8)65(58(92-13)41-62(86)78-37-23-27-54(78)67(93-14)48(10)55(80)38-47(9)66(87)50-24-18-16-19-25-50)76(11)69(89)53(43(2)3)40-57(82)64(45(6)7)77(12)71(91)94-42-49-29-31-52(32-30-49)74-68(88)51(26-22-35-73-70(72)90)39-56(81)63(44(4)5)75-59(83)28-20-17-21-36-79-60(84)33-34-61(79)85/h16,18-19,24-25,29-34,43-48,51,53-54,58,63-67,87H,15,17,20-23,26-28,35-42H2,1-14H3,(H,74,88)(H,75,83)(H3,72,73,90)/t46-,47-,48-,51+,53-,54?,58+,63+,64-,65-,66+,67+/m0/s1. The number of amides is 9. The van der Waals surface area contributed by atoms with Crippen LogP contribution in [0.1, 0.15) is 170 Å². The van der Waals surface area contributed by atoms with Crippen LogP contribution in [0.2, 0.25) is 0 Å². The number of carbonyl (C=O) groups is 11. The number of nitrogens with one attached hydrogen (secondary N) is 3. The van der Waals surface area contributed by atoms with Crippen LogP contribution in [0, 0.1) is 47.3 Å². The van der Waals surface area contributed by atoms with Crippen molar-refractivity contribution in [2.75, 3.05) is 53.3 Å². The second-order valence-electron chi connectivity index (χ2n) is 26.7. The number of methoxy groups -OCH3 is 2. The van der Waals surface area contributed by atoms with Crippen LogP contribution in [0.15, 0.2) is 66.7 Å². The molecule has 6 N–H and O–H groups in total. The summed E-state index contributed by atoms with van der Waals surface area (Å²) >= 11 is 0. The number of carbonyl (C=O) groups excluding carboxylic acids is 11. The van der Waals surface area contributed by atoms with E-state index in [0.29, 0.717) is 62.7 Å². The van der Waals surface area contributed by atoms with Crippen molar-refractivity contribution in [1.82, 2.24) is 30.2 Å². The number of hydrogen-bond acceptors (Lipinski definition) is 15. The van der Waals surface area contributed by atoms with E-state index in [4.69, 9.17) is 19.9 Å². The second kappa shape index (κ2) is 38.9. The maximum Gasteiger partial charge on any atom is 0.410 e. The average Bonchev–Trinajstić information content (AvgIpc) is 1.33. The van der Waals surface area contributed by atoms with Gasteiger partial charge in [0.05, 0.1) is 48.9 Å². The van der Waals surface area contributed by atoms with Gasteiger partial charge in [0.2, 0.25) is 23.6 Å². The van der Waals surface area contributed by atoms with Gasteiger partial charge in [0.15, 0.2) is 11.6 Å². The molecule has 0 saturated carbocycles. The number of anilines is 1. The molecule has 1 fully saturated rings. The third-order valence-electron chi connectivity index (χ3n) is 18.7. The van der Waals surface area contributed by atoms with E-state index in [-0.39, 0.29) is 141 Å². The number of ether oxygens (including phenoxy) is 3. The summed E-state index contributed by atoms with van der Waals surface area (Å²) in [6, 6.07) is 12.2. The van der Waals surface area contributed by atoms with E-state index in [0.717, 1.165) is 10.5 Å². The van der Waals surface area contributed by atoms with Gasteiger partial charge in [-0.25, -0.2) is 9.59 Å². The lowest BCUT2D eigenvalue weighted by atomic mass is 9.83. The molecule has 1 unspecified atom stereocenters. The zero-order chi connectivity index (χ0) is 70.1. The number of imide groups is 1. The molecule has 12 atom stereocenters. The Balaban J connectivity index is 1.37. The molecular weight excluding hydrogens is 1200 g/mol. The van der Waals surface area contributed by atoms with Gasteiger partial charge in [-0.05, 0) is 91.4 Å². The third-order valence-corrected chi connectivity index (χ3v) is 18.7. The summed E-state index contributed by atoms with van der Waals surface area (Å²) in [6.45, 7) is 19.3. The normalized spacial score (nSPS) is 17.5. The Bertz CT molecular complexity index is 2870. The van der Waals surface area contributed by atoms with Gasteiger partial charge in [0.1, 0.15) is 12.4 Å². The largest absolute Gasteiger partial charge is 0.445 e. The third kappa shape index (κ3) is 23.2. The number of likely N-dealkylation sites (N-methyl/N-ethyl adjacent to an activating group) is 2. The first-order valence-electron chi connectivity index (χ1n) is 33.6. The number of aliphatic hydroxyl groups is 1. The van der Waals surface area contributed by atoms with E-state index in [1.54, 1.807) is 62.1 Å². The highest BCUT2D eigenvalue weighted by Gasteiger charge is 2.44. The predicted octanol–water partition coefficient (Wildman–Crippen LogP) is 8.35. The fourth-order valence-corrected chi connectivity index (χ4v) is 13.0. The molecule has 2 aliphatic rings. The van der Waals surface area contributed by atoms with Gasteiger partial charge in [-0.1, -0.05) is 125 Å². The van der Waals surface area contributed by atoms with Crippen molar-refractivity contribution in [3.8, 4) is 0 Å². The first-order valence-corrected chi connectivity index (χ1v) is 33.6. The molecular formula is C71H108N8O15. The van der Waals surface area contributed by atoms with Crippen LogP contribution in [0.25, 0.3) is 0 Å². The van der Waals surface area contributed by atoms with Crippen molar-refractivity contribution < 1.29 is 72.1 Å². The molecule has 0 spiro atoms. The molecule has 0 aliphatic carbocycles. The Morgan fingerprint density at radius 2 is 1.37 bits per heavy atom. The Hall–Kier alpha value is -7.37. The topological polar surface area (TPSA) is 311 Å². The second-order valence-corrected chi connectivity index (χ2v) is 26.7. The molecule has 4 rings (SSSR count). The number of nitrogens with two attached hydrogens (primary N) is 1. The summed E-state index contributed by atoms with van der Waals surface area (Å²) in [7, 11) is 6.24. The molecule has 23 heteroatoms. The van der Waals surface area contributed by atoms with E-state index < -0.39 is 72.2 Å². The van der Waals surface area contributed by atoms with Gasteiger partial charge in [0, 0.05) is 109 Å². The number of urea groups is 1. The van der Waals surface area contributed by atoms with Crippen LogP contribution in [-0.4, -0.2) is 174 Å². The van der Waals surface area contributed by atoms with Gasteiger partial charge >= 0.3 is 12.1 Å². The highest BCUT2D eigenvalue weighted by molar-refractivity contribution is 6.12. The minimum atomic E-state index is -0.966. The van der Waals surface area contributed by atoms with Crippen LogP contribution in [0.3, 0.4) is 0 Å². The number of primary amides is 1. The Kier molecular flexibility index (Phi) is 32.7. The Labute approximate surface area is 556 Å². The highest BCUT2D eigenvalue weighted by Crippen LogP contribution is 2.34. The number of likely N-dealkylation sites (tertiary alicyclic amines) is 1. The highest BCUT2D eigenvalue weighted by atomic mass is 16.6. The lowest BCUT2D eigenvalue weighted by Crippen LogP contribution is -2.54. The zero-order valence-corrected chi connectivity index (χ0v) is 58.1. The van der Waals surface area contributed by atoms with Crippen molar-refractivity contribution in [2.45, 2.75) is 202 Å². The van der Waals surface area contributed by atoms with E-state index in [2.05, 4.69) is 16.0 Å². The van der Waals surface area contributed by atoms with E-state index in [9.17, 15) is 57.8 Å². The number of rotatable bonds is 41. The van der Waals surface area contributed by atoms with Gasteiger partial charge in [-0.15, -0.1) is 0 Å². The number of Topliss-reactive ketones (excluding diaryl/α,β-unsaturated/α-hetero) is 3. The lowest BCUT2D eigenvalue weighted by molar-refractivity contribution is -0.149. The number of benzene rings is 2. The molecule has 23 nitrogen and oxygen atoms in total. The van der Waals surface area contributed by atoms with Gasteiger partial charge in [-0.2, -0.15) is 0 Å². The van der Waals surface area contributed by atoms with Crippen LogP contribution in [-0.2, 0) is 64.0 Å². The number of aliphatic hydroxyl groups excluding tert-OH is 1. The number of unbranched alkanes of at least 4 members (excludes halogenated alkanes) is 2. The summed E-state index contributed by atoms with van der Waals surface area (Å²) in [5.41, 5.74) is 6.94. The minimum absolute atomic E-state index is 0.0541. The van der Waals surface area contributed by atoms with Crippen molar-refractivity contribution >= 4 is 70.6 Å². The average molecular weight is 1310 g/mol. The molecule has 0 radical (unpaired) electrons. The van der Waals surface area contributed by atoms with Crippen LogP contribution in [0.5, 0.6) is 0 Å². The molecule has 2 aromatic carbocycles. The monoisotopic (exact) mass is 1310 g/mol. The molecule has 0 aromatic heterocycles. The molecule has 0 bridgehead atoms. The maximum atomic E-state index is 14.9. The van der Waals surface area contributed by atoms with Gasteiger partial charge < -0.3 is 55.7 Å². The number of nitrogens with zero attached hydrogens (tertiary/aromatic N) is 4. The van der Waals surface area contributed by atoms with Gasteiger partial charge in [0.25, 0.3) is 11.8 Å². The summed E-state index contributed by atoms with van der Waals surface area (Å²) in [5, 5.41) is 19.2. The number of hydrogen-bond donors (Lipinski definition) is 5. The molecule has 2 heterocycles. The van der Waals surface area contributed by atoms with Gasteiger partial charge in [-0.3, -0.25) is 48.1 Å². The Morgan fingerprint density at radius 1 is 0.723 bits per heavy atom. The number of ketones is 3. The van der Waals surface area contributed by atoms with Crippen LogP contribution >= 0.6 is 0 Å². The van der Waals surface area contributed by atoms with Crippen molar-refractivity contribution in [1.29, 1.82) is 0 Å². The van der Waals surface area contributed by atoms with E-state index in [1.165, 1.54) is 31.2 Å².